The number of allylic oxidation sites excluding steroid dienone is 4. The minimum atomic E-state index is 0.544. The first-order valence-corrected chi connectivity index (χ1v) is 14.8. The Hall–Kier alpha value is -3.64. The van der Waals surface area contributed by atoms with Crippen LogP contribution in [0.3, 0.4) is 0 Å². The monoisotopic (exact) mass is 506 g/mol. The highest BCUT2D eigenvalue weighted by atomic mass is 14.3. The van der Waals surface area contributed by atoms with Gasteiger partial charge in [-0.15, -0.1) is 0 Å². The Labute approximate surface area is 234 Å². The van der Waals surface area contributed by atoms with Crippen LogP contribution in [0.1, 0.15) is 85.3 Å². The largest absolute Gasteiger partial charge is 0.0661 e. The Bertz CT molecular complexity index is 1610. The second kappa shape index (κ2) is 9.83. The standard InChI is InChI=1S/C39H38/c1-25(31-14-8-16-35-32-12-6-4-10-28(32)23-38(31)35)20-21-30(22-37-26(2)18-19-27(37)3)34-15-9-17-36-33-13-7-5-11-29(33)24-39(34)36/h4-19,25,30,37H,20-24H2,1-3H3. The van der Waals surface area contributed by atoms with Gasteiger partial charge in [-0.3, -0.25) is 0 Å². The third-order valence-corrected chi connectivity index (χ3v) is 9.92. The second-order valence-electron chi connectivity index (χ2n) is 12.2. The smallest absolute Gasteiger partial charge is 0.00134 e. The summed E-state index contributed by atoms with van der Waals surface area (Å²) in [5.41, 5.74) is 18.1. The first-order valence-electron chi connectivity index (χ1n) is 14.8. The lowest BCUT2D eigenvalue weighted by atomic mass is 9.77. The lowest BCUT2D eigenvalue weighted by molar-refractivity contribution is 0.475. The molecule has 0 saturated carbocycles. The molecule has 4 aromatic rings. The van der Waals surface area contributed by atoms with Gasteiger partial charge in [0.05, 0.1) is 0 Å². The minimum Gasteiger partial charge on any atom is -0.0661 e. The molecule has 3 aliphatic carbocycles. The molecule has 7 rings (SSSR count). The second-order valence-corrected chi connectivity index (χ2v) is 12.2. The molecule has 0 nitrogen and oxygen atoms in total. The SMILES string of the molecule is CC1=CC=C(C)C1CC(CCC(C)c1cccc2c1Cc1ccccc1-2)c1cccc2c1Cc1ccccc1-2. The topological polar surface area (TPSA) is 0 Å². The van der Waals surface area contributed by atoms with Gasteiger partial charge in [-0.2, -0.15) is 0 Å². The summed E-state index contributed by atoms with van der Waals surface area (Å²) in [7, 11) is 0. The van der Waals surface area contributed by atoms with E-state index < -0.39 is 0 Å². The van der Waals surface area contributed by atoms with Gasteiger partial charge in [0.2, 0.25) is 0 Å². The van der Waals surface area contributed by atoms with Crippen LogP contribution in [0.4, 0.5) is 0 Å². The van der Waals surface area contributed by atoms with E-state index in [0.29, 0.717) is 17.8 Å². The molecule has 0 N–H and O–H groups in total. The summed E-state index contributed by atoms with van der Waals surface area (Å²) in [4.78, 5) is 0. The van der Waals surface area contributed by atoms with Gasteiger partial charge < -0.3 is 0 Å². The van der Waals surface area contributed by atoms with Gasteiger partial charge >= 0.3 is 0 Å². The third-order valence-electron chi connectivity index (χ3n) is 9.92. The van der Waals surface area contributed by atoms with E-state index in [1.165, 1.54) is 63.8 Å². The van der Waals surface area contributed by atoms with Gasteiger partial charge in [-0.1, -0.05) is 115 Å². The number of rotatable bonds is 7. The molecule has 0 heterocycles. The van der Waals surface area contributed by atoms with E-state index in [1.54, 1.807) is 22.3 Å². The highest BCUT2D eigenvalue weighted by molar-refractivity contribution is 5.79. The number of benzene rings is 4. The van der Waals surface area contributed by atoms with Gasteiger partial charge in [0.15, 0.2) is 0 Å². The van der Waals surface area contributed by atoms with E-state index in [-0.39, 0.29) is 0 Å². The average molecular weight is 507 g/mol. The van der Waals surface area contributed by atoms with Crippen LogP contribution in [0.25, 0.3) is 22.3 Å². The Morgan fingerprint density at radius 1 is 0.590 bits per heavy atom. The van der Waals surface area contributed by atoms with Crippen molar-refractivity contribution >= 4 is 0 Å². The van der Waals surface area contributed by atoms with Crippen molar-refractivity contribution in [2.24, 2.45) is 5.92 Å². The summed E-state index contributed by atoms with van der Waals surface area (Å²) < 4.78 is 0. The van der Waals surface area contributed by atoms with Crippen molar-refractivity contribution in [3.8, 4) is 22.3 Å². The number of hydrogen-bond acceptors (Lipinski definition) is 0. The van der Waals surface area contributed by atoms with Gasteiger partial charge in [0.25, 0.3) is 0 Å². The summed E-state index contributed by atoms with van der Waals surface area (Å²) in [6.07, 6.45) is 10.5. The summed E-state index contributed by atoms with van der Waals surface area (Å²) >= 11 is 0. The van der Waals surface area contributed by atoms with Crippen molar-refractivity contribution in [2.45, 2.75) is 64.7 Å². The molecule has 0 heteroatoms. The summed E-state index contributed by atoms with van der Waals surface area (Å²) in [5, 5.41) is 0. The van der Waals surface area contributed by atoms with Crippen molar-refractivity contribution in [1.29, 1.82) is 0 Å². The van der Waals surface area contributed by atoms with Crippen LogP contribution >= 0.6 is 0 Å². The van der Waals surface area contributed by atoms with Gasteiger partial charge in [0.1, 0.15) is 0 Å². The molecular formula is C39H38. The molecule has 0 aliphatic heterocycles. The Morgan fingerprint density at radius 3 is 1.72 bits per heavy atom. The Balaban J connectivity index is 1.19. The zero-order valence-electron chi connectivity index (χ0n) is 23.5. The van der Waals surface area contributed by atoms with E-state index in [0.717, 1.165) is 12.8 Å². The first kappa shape index (κ1) is 24.4. The van der Waals surface area contributed by atoms with Crippen molar-refractivity contribution in [2.75, 3.05) is 0 Å². The molecular weight excluding hydrogens is 468 g/mol. The first-order chi connectivity index (χ1) is 19.1. The molecule has 0 fully saturated rings. The lowest BCUT2D eigenvalue weighted by Crippen LogP contribution is -2.12. The summed E-state index contributed by atoms with van der Waals surface area (Å²) in [5.74, 6) is 1.67. The molecule has 39 heavy (non-hydrogen) atoms. The quantitative estimate of drug-likeness (QED) is 0.202. The Kier molecular flexibility index (Phi) is 6.15. The van der Waals surface area contributed by atoms with Crippen molar-refractivity contribution in [3.05, 3.63) is 142 Å². The predicted molar refractivity (Wildman–Crippen MR) is 165 cm³/mol. The number of fused-ring (bicyclic) bond motifs is 6. The van der Waals surface area contributed by atoms with Crippen molar-refractivity contribution in [3.63, 3.8) is 0 Å². The predicted octanol–water partition coefficient (Wildman–Crippen LogP) is 10.4. The molecule has 0 saturated heterocycles. The van der Waals surface area contributed by atoms with Gasteiger partial charge in [-0.05, 0) is 113 Å². The molecule has 0 bridgehead atoms. The van der Waals surface area contributed by atoms with Crippen LogP contribution in [0.5, 0.6) is 0 Å². The molecule has 0 aromatic heterocycles. The summed E-state index contributed by atoms with van der Waals surface area (Å²) in [6.45, 7) is 7.12. The highest BCUT2D eigenvalue weighted by Crippen LogP contribution is 2.46. The van der Waals surface area contributed by atoms with Crippen LogP contribution in [0.2, 0.25) is 0 Å². The third kappa shape index (κ3) is 4.22. The molecule has 0 amide bonds. The maximum absolute atomic E-state index is 2.47. The van der Waals surface area contributed by atoms with Gasteiger partial charge in [0, 0.05) is 5.92 Å². The highest BCUT2D eigenvalue weighted by Gasteiger charge is 2.29. The van der Waals surface area contributed by atoms with E-state index in [9.17, 15) is 0 Å². The number of hydrogen-bond donors (Lipinski definition) is 0. The molecule has 2 unspecified atom stereocenters. The minimum absolute atomic E-state index is 0.544. The zero-order valence-corrected chi connectivity index (χ0v) is 23.5. The average Bonchev–Trinajstić information content (AvgIpc) is 3.63. The van der Waals surface area contributed by atoms with Crippen LogP contribution in [-0.2, 0) is 12.8 Å². The van der Waals surface area contributed by atoms with Crippen molar-refractivity contribution in [1.82, 2.24) is 0 Å². The molecule has 0 radical (unpaired) electrons. The molecule has 0 spiro atoms. The normalized spacial score (nSPS) is 16.7. The van der Waals surface area contributed by atoms with Gasteiger partial charge in [-0.25, -0.2) is 0 Å². The van der Waals surface area contributed by atoms with E-state index in [2.05, 4.69) is 118 Å². The molecule has 2 atom stereocenters. The van der Waals surface area contributed by atoms with E-state index >= 15 is 0 Å². The maximum atomic E-state index is 2.47. The molecule has 4 aromatic carbocycles. The maximum Gasteiger partial charge on any atom is 0.00134 e. The van der Waals surface area contributed by atoms with Crippen LogP contribution in [-0.4, -0.2) is 0 Å². The fraction of sp³-hybridized carbons (Fsp3) is 0.282. The van der Waals surface area contributed by atoms with E-state index in [4.69, 9.17) is 0 Å². The molecule has 194 valence electrons. The van der Waals surface area contributed by atoms with Crippen LogP contribution < -0.4 is 0 Å². The van der Waals surface area contributed by atoms with E-state index in [1.807, 2.05) is 0 Å². The zero-order chi connectivity index (χ0) is 26.5. The fourth-order valence-corrected chi connectivity index (χ4v) is 7.73. The van der Waals surface area contributed by atoms with Crippen LogP contribution in [0.15, 0.2) is 108 Å². The van der Waals surface area contributed by atoms with Crippen LogP contribution in [0, 0.1) is 5.92 Å². The van der Waals surface area contributed by atoms with Crippen molar-refractivity contribution < 1.29 is 0 Å². The summed E-state index contributed by atoms with van der Waals surface area (Å²) in [6, 6.07) is 32.1. The Morgan fingerprint density at radius 2 is 1.10 bits per heavy atom. The molecule has 3 aliphatic rings. The lowest BCUT2D eigenvalue weighted by Gasteiger charge is -2.27. The fourth-order valence-electron chi connectivity index (χ4n) is 7.73.